The van der Waals surface area contributed by atoms with Crippen LogP contribution in [0.1, 0.15) is 33.3 Å². The lowest BCUT2D eigenvalue weighted by Crippen LogP contribution is -2.57. The molecule has 0 aliphatic rings. The molecule has 0 bridgehead atoms. The molecule has 1 rings (SSSR count). The fourth-order valence-corrected chi connectivity index (χ4v) is 3.42. The summed E-state index contributed by atoms with van der Waals surface area (Å²) < 4.78 is 27.3. The first-order valence-electron chi connectivity index (χ1n) is 5.89. The first kappa shape index (κ1) is 16.4. The summed E-state index contributed by atoms with van der Waals surface area (Å²) in [7, 11) is -3.75. The second-order valence-electron chi connectivity index (χ2n) is 5.70. The van der Waals surface area contributed by atoms with Gasteiger partial charge in [0.05, 0.1) is 16.0 Å². The zero-order valence-corrected chi connectivity index (χ0v) is 13.4. The molecule has 0 aliphatic carbocycles. The lowest BCUT2D eigenvalue weighted by Gasteiger charge is -2.37. The molecule has 4 nitrogen and oxygen atoms in total. The molecule has 0 amide bonds. The second kappa shape index (κ2) is 5.05. The van der Waals surface area contributed by atoms with Crippen LogP contribution in [0.25, 0.3) is 0 Å². The smallest absolute Gasteiger partial charge is 0.241 e. The minimum absolute atomic E-state index is 0.123. The van der Waals surface area contributed by atoms with Crippen LogP contribution >= 0.6 is 11.6 Å². The van der Waals surface area contributed by atoms with Gasteiger partial charge >= 0.3 is 0 Å². The Balaban J connectivity index is 3.23. The summed E-state index contributed by atoms with van der Waals surface area (Å²) in [6.45, 7) is 8.07. The number of sulfonamides is 1. The van der Waals surface area contributed by atoms with Gasteiger partial charge in [-0.05, 0) is 52.3 Å². The van der Waals surface area contributed by atoms with Crippen LogP contribution in [0.2, 0.25) is 5.02 Å². The van der Waals surface area contributed by atoms with Gasteiger partial charge in [-0.15, -0.1) is 0 Å². The second-order valence-corrected chi connectivity index (χ2v) is 7.79. The van der Waals surface area contributed by atoms with Crippen LogP contribution in [0, 0.1) is 6.92 Å². The van der Waals surface area contributed by atoms with E-state index >= 15 is 0 Å². The van der Waals surface area contributed by atoms with E-state index in [4.69, 9.17) is 11.6 Å². The average Bonchev–Trinajstić information content (AvgIpc) is 2.18. The maximum atomic E-state index is 12.4. The lowest BCUT2D eigenvalue weighted by atomic mass is 9.87. The van der Waals surface area contributed by atoms with E-state index in [1.807, 2.05) is 0 Å². The van der Waals surface area contributed by atoms with Gasteiger partial charge in [0.15, 0.2) is 0 Å². The third-order valence-corrected chi connectivity index (χ3v) is 5.39. The maximum absolute atomic E-state index is 12.4. The predicted octanol–water partition coefficient (Wildman–Crippen LogP) is 2.48. The van der Waals surface area contributed by atoms with Gasteiger partial charge in [-0.2, -0.15) is 0 Å². The number of benzene rings is 1. The van der Waals surface area contributed by atoms with E-state index in [9.17, 15) is 13.5 Å². The van der Waals surface area contributed by atoms with Crippen molar-refractivity contribution in [1.82, 2.24) is 4.72 Å². The molecule has 0 unspecified atom stereocenters. The van der Waals surface area contributed by atoms with E-state index in [0.29, 0.717) is 10.6 Å². The normalized spacial score (nSPS) is 13.6. The van der Waals surface area contributed by atoms with Crippen LogP contribution in [0.5, 0.6) is 0 Å². The molecule has 1 aromatic rings. The summed E-state index contributed by atoms with van der Waals surface area (Å²) in [5, 5.41) is 10.4. The minimum atomic E-state index is -3.75. The van der Waals surface area contributed by atoms with Crippen LogP contribution < -0.4 is 4.72 Å². The Morgan fingerprint density at radius 3 is 2.21 bits per heavy atom. The van der Waals surface area contributed by atoms with E-state index in [1.165, 1.54) is 6.07 Å². The molecular weight excluding hydrogens is 286 g/mol. The average molecular weight is 306 g/mol. The van der Waals surface area contributed by atoms with Gasteiger partial charge in [0, 0.05) is 5.02 Å². The largest absolute Gasteiger partial charge is 0.389 e. The highest BCUT2D eigenvalue weighted by atomic mass is 35.5. The van der Waals surface area contributed by atoms with Crippen LogP contribution in [0.3, 0.4) is 0 Å². The molecule has 0 spiro atoms. The minimum Gasteiger partial charge on any atom is -0.389 e. The summed E-state index contributed by atoms with van der Waals surface area (Å²) in [5.41, 5.74) is -1.61. The van der Waals surface area contributed by atoms with Gasteiger partial charge in [-0.3, -0.25) is 0 Å². The highest BCUT2D eigenvalue weighted by Gasteiger charge is 2.39. The van der Waals surface area contributed by atoms with Gasteiger partial charge in [-0.1, -0.05) is 17.7 Å². The molecule has 1 aromatic carbocycles. The number of aryl methyl sites for hydroxylation is 1. The molecule has 0 atom stereocenters. The molecule has 0 aromatic heterocycles. The fraction of sp³-hybridized carbons (Fsp3) is 0.538. The van der Waals surface area contributed by atoms with Crippen molar-refractivity contribution in [2.24, 2.45) is 0 Å². The summed E-state index contributed by atoms with van der Waals surface area (Å²) in [4.78, 5) is 0.123. The molecule has 6 heteroatoms. The number of halogens is 1. The summed E-state index contributed by atoms with van der Waals surface area (Å²) in [6.07, 6.45) is 0. The third-order valence-electron chi connectivity index (χ3n) is 3.36. The number of hydrogen-bond donors (Lipinski definition) is 2. The molecule has 0 saturated heterocycles. The molecule has 0 saturated carbocycles. The molecule has 108 valence electrons. The Kier molecular flexibility index (Phi) is 4.37. The summed E-state index contributed by atoms with van der Waals surface area (Å²) >= 11 is 5.84. The van der Waals surface area contributed by atoms with Crippen molar-refractivity contribution in [3.05, 3.63) is 28.8 Å². The number of rotatable bonds is 4. The van der Waals surface area contributed by atoms with Crippen LogP contribution in [0.15, 0.2) is 23.1 Å². The standard InChI is InChI=1S/C13H20ClNO3S/c1-9-6-7-10(14)8-11(9)19(17,18)15-12(2,3)13(4,5)16/h6-8,15-16H,1-5H3. The van der Waals surface area contributed by atoms with E-state index in [2.05, 4.69) is 4.72 Å². The number of aliphatic hydroxyl groups is 1. The van der Waals surface area contributed by atoms with Crippen molar-refractivity contribution >= 4 is 21.6 Å². The topological polar surface area (TPSA) is 66.4 Å². The zero-order valence-electron chi connectivity index (χ0n) is 11.8. The molecule has 19 heavy (non-hydrogen) atoms. The van der Waals surface area contributed by atoms with Gasteiger partial charge in [0.2, 0.25) is 10.0 Å². The van der Waals surface area contributed by atoms with Crippen molar-refractivity contribution in [3.63, 3.8) is 0 Å². The Bertz CT molecular complexity index is 574. The Hall–Kier alpha value is -0.620. The Labute approximate surface area is 119 Å². The molecular formula is C13H20ClNO3S. The highest BCUT2D eigenvalue weighted by molar-refractivity contribution is 7.89. The van der Waals surface area contributed by atoms with Crippen molar-refractivity contribution < 1.29 is 13.5 Å². The predicted molar refractivity (Wildman–Crippen MR) is 76.9 cm³/mol. The third kappa shape index (κ3) is 3.69. The highest BCUT2D eigenvalue weighted by Crippen LogP contribution is 2.26. The van der Waals surface area contributed by atoms with E-state index in [-0.39, 0.29) is 4.90 Å². The van der Waals surface area contributed by atoms with E-state index < -0.39 is 21.2 Å². The fourth-order valence-electron chi connectivity index (χ4n) is 1.38. The number of nitrogens with one attached hydrogen (secondary N) is 1. The summed E-state index contributed by atoms with van der Waals surface area (Å²) in [6, 6.07) is 4.69. The van der Waals surface area contributed by atoms with Gasteiger partial charge in [0.1, 0.15) is 0 Å². The first-order chi connectivity index (χ1) is 8.37. The Morgan fingerprint density at radius 1 is 1.21 bits per heavy atom. The van der Waals surface area contributed by atoms with Crippen molar-refractivity contribution in [2.45, 2.75) is 50.7 Å². The van der Waals surface area contributed by atoms with Gasteiger partial charge < -0.3 is 5.11 Å². The van der Waals surface area contributed by atoms with Crippen LogP contribution in [-0.2, 0) is 10.0 Å². The van der Waals surface area contributed by atoms with Gasteiger partial charge in [0.25, 0.3) is 0 Å². The van der Waals surface area contributed by atoms with E-state index in [0.717, 1.165) is 0 Å². The molecule has 0 radical (unpaired) electrons. The number of hydrogen-bond acceptors (Lipinski definition) is 3. The van der Waals surface area contributed by atoms with Crippen molar-refractivity contribution in [2.75, 3.05) is 0 Å². The lowest BCUT2D eigenvalue weighted by molar-refractivity contribution is 0.00638. The Morgan fingerprint density at radius 2 is 1.74 bits per heavy atom. The zero-order chi connectivity index (χ0) is 15.1. The van der Waals surface area contributed by atoms with Crippen molar-refractivity contribution in [1.29, 1.82) is 0 Å². The molecule has 0 fully saturated rings. The quantitative estimate of drug-likeness (QED) is 0.898. The van der Waals surface area contributed by atoms with Crippen LogP contribution in [0.4, 0.5) is 0 Å². The molecule has 0 aliphatic heterocycles. The first-order valence-corrected chi connectivity index (χ1v) is 7.75. The molecule has 0 heterocycles. The monoisotopic (exact) mass is 305 g/mol. The molecule has 2 N–H and O–H groups in total. The van der Waals surface area contributed by atoms with Gasteiger partial charge in [-0.25, -0.2) is 13.1 Å². The van der Waals surface area contributed by atoms with Crippen molar-refractivity contribution in [3.8, 4) is 0 Å². The SMILES string of the molecule is Cc1ccc(Cl)cc1S(=O)(=O)NC(C)(C)C(C)(C)O. The van der Waals surface area contributed by atoms with E-state index in [1.54, 1.807) is 46.8 Å². The summed E-state index contributed by atoms with van der Waals surface area (Å²) in [5.74, 6) is 0. The van der Waals surface area contributed by atoms with Crippen LogP contribution in [-0.4, -0.2) is 24.7 Å². The maximum Gasteiger partial charge on any atom is 0.241 e.